The van der Waals surface area contributed by atoms with Gasteiger partial charge in [0, 0.05) is 38.5 Å². The third-order valence-electron chi connectivity index (χ3n) is 10.3. The second-order valence-electron chi connectivity index (χ2n) is 14.1. The van der Waals surface area contributed by atoms with Crippen molar-refractivity contribution in [2.75, 3.05) is 10.1 Å². The molecule has 1 aliphatic rings. The molecule has 280 valence electrons. The first kappa shape index (κ1) is 36.7. The van der Waals surface area contributed by atoms with Crippen LogP contribution in [0.1, 0.15) is 13.8 Å². The van der Waals surface area contributed by atoms with Gasteiger partial charge in [-0.3, -0.25) is 0 Å². The summed E-state index contributed by atoms with van der Waals surface area (Å²) in [5.41, 5.74) is 12.1. The van der Waals surface area contributed by atoms with Crippen molar-refractivity contribution in [3.05, 3.63) is 188 Å². The number of nitrogens with zero attached hydrogens (tertiary/aromatic N) is 4. The summed E-state index contributed by atoms with van der Waals surface area (Å²) < 4.78 is 2.26. The van der Waals surface area contributed by atoms with Crippen LogP contribution in [0.2, 0.25) is 0 Å². The van der Waals surface area contributed by atoms with E-state index < -0.39 is 0 Å². The average molecular weight is 937 g/mol. The molecule has 0 bridgehead atoms. The van der Waals surface area contributed by atoms with Crippen molar-refractivity contribution in [2.45, 2.75) is 29.7 Å². The summed E-state index contributed by atoms with van der Waals surface area (Å²) in [6.45, 7) is 4.31. The summed E-state index contributed by atoms with van der Waals surface area (Å²) in [5, 5.41) is 6.35. The number of hydrogen-bond donors (Lipinski definition) is 0. The molecule has 5 nitrogen and oxygen atoms in total. The zero-order chi connectivity index (χ0) is 37.6. The van der Waals surface area contributed by atoms with E-state index in [1.807, 2.05) is 11.3 Å². The van der Waals surface area contributed by atoms with Crippen molar-refractivity contribution in [1.82, 2.24) is 9.55 Å². The predicted molar refractivity (Wildman–Crippen MR) is 231 cm³/mol. The van der Waals surface area contributed by atoms with Crippen LogP contribution in [0, 0.1) is 12.1 Å². The first-order valence-corrected chi connectivity index (χ1v) is 19.7. The molecule has 2 aromatic heterocycles. The van der Waals surface area contributed by atoms with Gasteiger partial charge in [0.1, 0.15) is 17.2 Å². The van der Waals surface area contributed by atoms with Gasteiger partial charge in [-0.2, -0.15) is 29.2 Å². The molecule has 0 aliphatic carbocycles. The largest absolute Gasteiger partial charge is 0.319 e. The van der Waals surface area contributed by atoms with Crippen molar-refractivity contribution in [3.63, 3.8) is 0 Å². The van der Waals surface area contributed by atoms with Gasteiger partial charge in [0.05, 0.1) is 6.04 Å². The van der Waals surface area contributed by atoms with E-state index in [4.69, 9.17) is 9.92 Å². The molecule has 9 aromatic rings. The van der Waals surface area contributed by atoms with Crippen molar-refractivity contribution in [3.8, 4) is 39.2 Å². The van der Waals surface area contributed by atoms with Gasteiger partial charge in [-0.1, -0.05) is 115 Å². The number of aromatic nitrogens is 2. The smallest absolute Gasteiger partial charge is 0.145 e. The summed E-state index contributed by atoms with van der Waals surface area (Å²) in [6.07, 6.45) is 1.93. The van der Waals surface area contributed by atoms with Crippen molar-refractivity contribution >= 4 is 50.6 Å². The molecular weight excluding hydrogens is 900 g/mol. The third-order valence-corrected chi connectivity index (χ3v) is 11.2. The zero-order valence-corrected chi connectivity index (χ0v) is 34.4. The topological polar surface area (TPSA) is 37.1 Å². The van der Waals surface area contributed by atoms with Crippen LogP contribution >= 0.6 is 11.8 Å². The minimum absolute atomic E-state index is 0. The van der Waals surface area contributed by atoms with Gasteiger partial charge in [0.15, 0.2) is 0 Å². The monoisotopic (exact) mass is 936 g/mol. The first-order chi connectivity index (χ1) is 27.6. The van der Waals surface area contributed by atoms with Gasteiger partial charge < -0.3 is 4.57 Å². The molecule has 0 radical (unpaired) electrons. The van der Waals surface area contributed by atoms with E-state index in [0.29, 0.717) is 0 Å². The molecule has 7 heteroatoms. The molecule has 0 saturated heterocycles. The molecule has 0 spiro atoms. The molecule has 0 amide bonds. The van der Waals surface area contributed by atoms with E-state index >= 15 is 0 Å². The van der Waals surface area contributed by atoms with Crippen LogP contribution in [0.4, 0.5) is 17.1 Å². The molecule has 0 atom stereocenters. The zero-order valence-electron chi connectivity index (χ0n) is 31.3. The third kappa shape index (κ3) is 6.74. The summed E-state index contributed by atoms with van der Waals surface area (Å²) in [7, 11) is 0. The average Bonchev–Trinajstić information content (AvgIpc) is 3.81. The van der Waals surface area contributed by atoms with Gasteiger partial charge in [0.2, 0.25) is 0 Å². The SMILES string of the molecule is CC(C)N1[OH+]N(c2[c-]c(Sc3[c-]c4c(cc3)c3ccccc3n4-c3cc(-c4c(-c5ccccc5)cccc4-c4ccccc4)ccn3)ccc2)c2ccccc21.[Pt]. The van der Waals surface area contributed by atoms with E-state index in [1.165, 1.54) is 27.8 Å². The van der Waals surface area contributed by atoms with Crippen molar-refractivity contribution in [1.29, 1.82) is 0 Å². The van der Waals surface area contributed by atoms with Crippen LogP contribution in [0.15, 0.2) is 186 Å². The fraction of sp³-hybridized carbons (Fsp3) is 0.0600. The molecule has 1 N–H and O–H groups in total. The number of rotatable bonds is 8. The maximum atomic E-state index is 5.03. The van der Waals surface area contributed by atoms with Crippen LogP contribution in [-0.4, -0.2) is 20.5 Å². The van der Waals surface area contributed by atoms with E-state index in [0.717, 1.165) is 60.0 Å². The van der Waals surface area contributed by atoms with Crippen LogP contribution in [-0.2, 0) is 21.1 Å². The molecule has 3 heterocycles. The second-order valence-corrected chi connectivity index (χ2v) is 15.2. The maximum absolute atomic E-state index is 5.03. The van der Waals surface area contributed by atoms with Crippen LogP contribution < -0.4 is 10.1 Å². The molecule has 10 rings (SSSR count). The van der Waals surface area contributed by atoms with Crippen LogP contribution in [0.5, 0.6) is 0 Å². The number of hydroxylamine groups is 1. The Morgan fingerprint density at radius 2 is 1.23 bits per heavy atom. The Bertz CT molecular complexity index is 2820. The molecule has 7 aromatic carbocycles. The second kappa shape index (κ2) is 15.6. The molecular formula is C50H37N4OPtS-. The molecule has 0 unspecified atom stereocenters. The Morgan fingerprint density at radius 3 is 1.96 bits per heavy atom. The van der Waals surface area contributed by atoms with E-state index in [2.05, 4.69) is 205 Å². The quantitative estimate of drug-likeness (QED) is 0.112. The number of hydrogen-bond acceptors (Lipinski definition) is 4. The Hall–Kier alpha value is -5.91. The standard InChI is InChI=1S/C50H36N4OS.Pt/c1-34(2)53-46-25-11-12-26-47(46)54(55-53)38-19-13-20-39(32-38)56-40-27-28-44-43-21-9-10-24-45(43)52(48(44)33-40)49-31-37(29-30-51-49)50-41(35-15-5-3-6-16-35)22-14-23-42(50)36-17-7-4-8-18-36;/h3-31,34H,1-2H3;/q-2;/p+1. The summed E-state index contributed by atoms with van der Waals surface area (Å²) >= 11 is 1.65. The molecule has 57 heavy (non-hydrogen) atoms. The van der Waals surface area contributed by atoms with Gasteiger partial charge in [0.25, 0.3) is 0 Å². The van der Waals surface area contributed by atoms with Crippen molar-refractivity contribution in [2.24, 2.45) is 0 Å². The molecule has 0 fully saturated rings. The molecule has 0 saturated carbocycles. The minimum Gasteiger partial charge on any atom is -0.319 e. The maximum Gasteiger partial charge on any atom is 0.145 e. The first-order valence-electron chi connectivity index (χ1n) is 18.9. The fourth-order valence-electron chi connectivity index (χ4n) is 7.77. The Morgan fingerprint density at radius 1 is 0.579 bits per heavy atom. The fourth-order valence-corrected chi connectivity index (χ4v) is 8.60. The Kier molecular flexibility index (Phi) is 10.0. The van der Waals surface area contributed by atoms with E-state index in [-0.39, 0.29) is 27.1 Å². The number of fused-ring (bicyclic) bond motifs is 4. The Labute approximate surface area is 351 Å². The van der Waals surface area contributed by atoms with Gasteiger partial charge >= 0.3 is 0 Å². The summed E-state index contributed by atoms with van der Waals surface area (Å²) in [6, 6.07) is 67.4. The Balaban J connectivity index is 0.00000422. The summed E-state index contributed by atoms with van der Waals surface area (Å²) in [5.74, 6) is 0.839. The van der Waals surface area contributed by atoms with Gasteiger partial charge in [-0.25, -0.2) is 4.98 Å². The number of anilines is 3. The van der Waals surface area contributed by atoms with Gasteiger partial charge in [-0.05, 0) is 82.9 Å². The predicted octanol–water partition coefficient (Wildman–Crippen LogP) is 13.1. The minimum atomic E-state index is 0. The number of pyridine rings is 1. The van der Waals surface area contributed by atoms with Crippen LogP contribution in [0.25, 0.3) is 61.0 Å². The number of benzene rings is 7. The summed E-state index contributed by atoms with van der Waals surface area (Å²) in [4.78, 5) is 12.0. The number of para-hydroxylation sites is 3. The molecule has 1 aliphatic heterocycles. The van der Waals surface area contributed by atoms with E-state index in [9.17, 15) is 0 Å². The van der Waals surface area contributed by atoms with Gasteiger partial charge in [-0.15, -0.1) is 55.3 Å². The van der Waals surface area contributed by atoms with E-state index in [1.54, 1.807) is 11.8 Å². The van der Waals surface area contributed by atoms with Crippen molar-refractivity contribution < 1.29 is 26.0 Å². The van der Waals surface area contributed by atoms with Crippen LogP contribution in [0.3, 0.4) is 0 Å². The normalized spacial score (nSPS) is 12.3.